The summed E-state index contributed by atoms with van der Waals surface area (Å²) in [4.78, 5) is 24.8. The smallest absolute Gasteiger partial charge is 0.323 e. The summed E-state index contributed by atoms with van der Waals surface area (Å²) in [6.07, 6.45) is 4.50. The summed E-state index contributed by atoms with van der Waals surface area (Å²) in [5.74, 6) is -0.0148. The van der Waals surface area contributed by atoms with Gasteiger partial charge in [0.25, 0.3) is 0 Å². The first kappa shape index (κ1) is 22.2. The quantitative estimate of drug-likeness (QED) is 0.307. The first-order valence-electron chi connectivity index (χ1n) is 10.0. The summed E-state index contributed by atoms with van der Waals surface area (Å²) in [5.41, 5.74) is -1.08. The van der Waals surface area contributed by atoms with Crippen LogP contribution in [0.2, 0.25) is 24.2 Å². The van der Waals surface area contributed by atoms with Crippen molar-refractivity contribution in [2.24, 2.45) is 17.3 Å². The van der Waals surface area contributed by atoms with Gasteiger partial charge in [0.2, 0.25) is 0 Å². The average Bonchev–Trinajstić information content (AvgIpc) is 3.04. The SMILES string of the molecule is CC[C@H]1CC(C(=O)OC)(C(=O)OC)C[C@@H]1CCC[Si](CC)(CC)CC. The van der Waals surface area contributed by atoms with E-state index < -0.39 is 25.4 Å². The molecule has 1 aliphatic carbocycles. The minimum absolute atomic E-state index is 0.402. The molecule has 1 saturated carbocycles. The highest BCUT2D eigenvalue weighted by atomic mass is 28.3. The Morgan fingerprint density at radius 3 is 1.80 bits per heavy atom. The van der Waals surface area contributed by atoms with Crippen LogP contribution in [0.5, 0.6) is 0 Å². The van der Waals surface area contributed by atoms with E-state index in [1.54, 1.807) is 0 Å². The molecule has 0 radical (unpaired) electrons. The van der Waals surface area contributed by atoms with E-state index in [0.29, 0.717) is 24.7 Å². The molecule has 0 spiro atoms. The highest BCUT2D eigenvalue weighted by molar-refractivity contribution is 6.79. The van der Waals surface area contributed by atoms with Crippen molar-refractivity contribution in [1.29, 1.82) is 0 Å². The van der Waals surface area contributed by atoms with E-state index >= 15 is 0 Å². The molecule has 0 amide bonds. The third-order valence-electron chi connectivity index (χ3n) is 7.10. The van der Waals surface area contributed by atoms with Crippen LogP contribution in [0.15, 0.2) is 0 Å². The monoisotopic (exact) mass is 370 g/mol. The zero-order valence-electron chi connectivity index (χ0n) is 17.2. The van der Waals surface area contributed by atoms with Crippen LogP contribution >= 0.6 is 0 Å². The van der Waals surface area contributed by atoms with Crippen molar-refractivity contribution in [3.05, 3.63) is 0 Å². The molecule has 146 valence electrons. The van der Waals surface area contributed by atoms with Crippen molar-refractivity contribution in [2.45, 2.75) is 84.0 Å². The van der Waals surface area contributed by atoms with Gasteiger partial charge in [-0.2, -0.15) is 0 Å². The van der Waals surface area contributed by atoms with Crippen molar-refractivity contribution >= 4 is 20.0 Å². The molecule has 0 bridgehead atoms. The fourth-order valence-corrected chi connectivity index (χ4v) is 8.47. The van der Waals surface area contributed by atoms with Crippen molar-refractivity contribution in [3.8, 4) is 0 Å². The van der Waals surface area contributed by atoms with Gasteiger partial charge in [0, 0.05) is 0 Å². The topological polar surface area (TPSA) is 52.6 Å². The van der Waals surface area contributed by atoms with Gasteiger partial charge in [0.15, 0.2) is 5.41 Å². The summed E-state index contributed by atoms with van der Waals surface area (Å²) < 4.78 is 9.96. The highest BCUT2D eigenvalue weighted by Crippen LogP contribution is 2.50. The standard InChI is InChI=1S/C20H38O4Si/c1-7-16-14-20(18(21)23-5,19(22)24-6)15-17(16)12-11-13-25(8-2,9-3)10-4/h16-17H,7-15H2,1-6H3/t16-,17-/m0/s1. The van der Waals surface area contributed by atoms with Crippen molar-refractivity contribution in [2.75, 3.05) is 14.2 Å². The number of hydrogen-bond acceptors (Lipinski definition) is 4. The van der Waals surface area contributed by atoms with E-state index in [0.717, 1.165) is 12.8 Å². The molecule has 1 fully saturated rings. The Bertz CT molecular complexity index is 421. The lowest BCUT2D eigenvalue weighted by Gasteiger charge is -2.29. The molecule has 2 atom stereocenters. The predicted molar refractivity (Wildman–Crippen MR) is 104 cm³/mol. The van der Waals surface area contributed by atoms with Crippen molar-refractivity contribution < 1.29 is 19.1 Å². The molecular formula is C20H38O4Si. The maximum atomic E-state index is 12.4. The number of ether oxygens (including phenoxy) is 2. The van der Waals surface area contributed by atoms with Gasteiger partial charge >= 0.3 is 11.9 Å². The third kappa shape index (κ3) is 4.66. The second-order valence-corrected chi connectivity index (χ2v) is 13.5. The van der Waals surface area contributed by atoms with Gasteiger partial charge in [0.1, 0.15) is 0 Å². The summed E-state index contributed by atoms with van der Waals surface area (Å²) in [7, 11) is 1.63. The van der Waals surface area contributed by atoms with Crippen LogP contribution in [0.1, 0.15) is 59.8 Å². The van der Waals surface area contributed by atoms with E-state index in [-0.39, 0.29) is 0 Å². The Labute approximate surface area is 155 Å². The lowest BCUT2D eigenvalue weighted by molar-refractivity contribution is -0.169. The Balaban J connectivity index is 2.83. The molecule has 0 N–H and O–H groups in total. The molecule has 4 nitrogen and oxygen atoms in total. The lowest BCUT2D eigenvalue weighted by atomic mass is 9.84. The fraction of sp³-hybridized carbons (Fsp3) is 0.900. The molecule has 1 aliphatic rings. The summed E-state index contributed by atoms with van der Waals surface area (Å²) in [6.45, 7) is 9.21. The second kappa shape index (κ2) is 9.74. The van der Waals surface area contributed by atoms with E-state index in [2.05, 4.69) is 27.7 Å². The maximum absolute atomic E-state index is 12.4. The summed E-state index contributed by atoms with van der Waals surface area (Å²) in [5, 5.41) is 0. The van der Waals surface area contributed by atoms with Crippen LogP contribution in [0.4, 0.5) is 0 Å². The first-order valence-corrected chi connectivity index (χ1v) is 12.9. The Hall–Kier alpha value is -0.843. The van der Waals surface area contributed by atoms with E-state index in [1.165, 1.54) is 44.8 Å². The van der Waals surface area contributed by atoms with E-state index in [9.17, 15) is 9.59 Å². The first-order chi connectivity index (χ1) is 11.9. The molecule has 1 rings (SSSR count). The van der Waals surface area contributed by atoms with Gasteiger partial charge in [-0.25, -0.2) is 0 Å². The fourth-order valence-electron chi connectivity index (χ4n) is 4.95. The van der Waals surface area contributed by atoms with Gasteiger partial charge in [-0.1, -0.05) is 71.1 Å². The highest BCUT2D eigenvalue weighted by Gasteiger charge is 2.56. The molecule has 25 heavy (non-hydrogen) atoms. The Kier molecular flexibility index (Phi) is 8.65. The van der Waals surface area contributed by atoms with E-state index in [1.807, 2.05) is 0 Å². The van der Waals surface area contributed by atoms with Gasteiger partial charge in [0.05, 0.1) is 22.3 Å². The number of esters is 2. The van der Waals surface area contributed by atoms with Crippen molar-refractivity contribution in [3.63, 3.8) is 0 Å². The zero-order valence-corrected chi connectivity index (χ0v) is 18.2. The molecule has 5 heteroatoms. The minimum atomic E-state index is -1.10. The van der Waals surface area contributed by atoms with Crippen LogP contribution < -0.4 is 0 Å². The number of carbonyl (C=O) groups is 2. The minimum Gasteiger partial charge on any atom is -0.468 e. The van der Waals surface area contributed by atoms with Gasteiger partial charge in [-0.15, -0.1) is 0 Å². The molecular weight excluding hydrogens is 332 g/mol. The van der Waals surface area contributed by atoms with Crippen LogP contribution in [0.3, 0.4) is 0 Å². The van der Waals surface area contributed by atoms with Crippen LogP contribution in [-0.2, 0) is 19.1 Å². The summed E-state index contributed by atoms with van der Waals surface area (Å²) in [6, 6.07) is 5.44. The number of carbonyl (C=O) groups excluding carboxylic acids is 2. The summed E-state index contributed by atoms with van der Waals surface area (Å²) >= 11 is 0. The zero-order chi connectivity index (χ0) is 19.1. The maximum Gasteiger partial charge on any atom is 0.323 e. The number of rotatable bonds is 10. The Morgan fingerprint density at radius 1 is 0.920 bits per heavy atom. The largest absolute Gasteiger partial charge is 0.468 e. The number of methoxy groups -OCH3 is 2. The molecule has 0 aromatic rings. The van der Waals surface area contributed by atoms with Crippen molar-refractivity contribution in [1.82, 2.24) is 0 Å². The molecule has 0 aliphatic heterocycles. The van der Waals surface area contributed by atoms with Gasteiger partial charge in [-0.05, 0) is 24.7 Å². The van der Waals surface area contributed by atoms with Crippen LogP contribution in [0, 0.1) is 17.3 Å². The second-order valence-electron chi connectivity index (χ2n) is 7.85. The molecule has 0 aromatic carbocycles. The lowest BCUT2D eigenvalue weighted by Crippen LogP contribution is -2.39. The molecule has 0 heterocycles. The molecule has 0 saturated heterocycles. The van der Waals surface area contributed by atoms with Gasteiger partial charge < -0.3 is 9.47 Å². The van der Waals surface area contributed by atoms with Crippen LogP contribution in [-0.4, -0.2) is 34.2 Å². The van der Waals surface area contributed by atoms with Crippen LogP contribution in [0.25, 0.3) is 0 Å². The normalized spacial score (nSPS) is 22.6. The molecule has 0 unspecified atom stereocenters. The average molecular weight is 371 g/mol. The Morgan fingerprint density at radius 2 is 1.40 bits per heavy atom. The molecule has 0 aromatic heterocycles. The number of hydrogen-bond donors (Lipinski definition) is 0. The third-order valence-corrected chi connectivity index (χ3v) is 13.0. The van der Waals surface area contributed by atoms with E-state index in [4.69, 9.17) is 9.47 Å². The van der Waals surface area contributed by atoms with Gasteiger partial charge in [-0.3, -0.25) is 9.59 Å². The predicted octanol–water partition coefficient (Wildman–Crippen LogP) is 5.04.